The molecule has 2 aromatic rings. The molecule has 1 atom stereocenters. The first kappa shape index (κ1) is 21.5. The van der Waals surface area contributed by atoms with Gasteiger partial charge in [-0.05, 0) is 36.6 Å². The maximum Gasteiger partial charge on any atom is 0.262 e. The molecule has 2 N–H and O–H groups in total. The molecule has 0 radical (unpaired) electrons. The molecule has 2 aliphatic rings. The van der Waals surface area contributed by atoms with Gasteiger partial charge in [-0.3, -0.25) is 9.59 Å². The maximum absolute atomic E-state index is 13.3. The van der Waals surface area contributed by atoms with Gasteiger partial charge in [0, 0.05) is 19.2 Å². The van der Waals surface area contributed by atoms with Crippen LogP contribution in [-0.4, -0.2) is 43.7 Å². The van der Waals surface area contributed by atoms with Crippen LogP contribution in [0.15, 0.2) is 41.3 Å². The van der Waals surface area contributed by atoms with Crippen molar-refractivity contribution in [3.05, 3.63) is 52.8 Å². The van der Waals surface area contributed by atoms with E-state index in [2.05, 4.69) is 10.6 Å². The molecule has 0 bridgehead atoms. The zero-order valence-electron chi connectivity index (χ0n) is 16.2. The average molecular weight is 468 g/mol. The van der Waals surface area contributed by atoms with Gasteiger partial charge in [-0.1, -0.05) is 23.7 Å². The van der Waals surface area contributed by atoms with E-state index in [1.165, 1.54) is 24.3 Å². The normalized spacial score (nSPS) is 18.8. The quantitative estimate of drug-likeness (QED) is 0.702. The topological polar surface area (TPSA) is 105 Å². The van der Waals surface area contributed by atoms with Gasteiger partial charge in [0.25, 0.3) is 5.91 Å². The van der Waals surface area contributed by atoms with Gasteiger partial charge < -0.3 is 15.4 Å². The van der Waals surface area contributed by atoms with Gasteiger partial charge in [0.1, 0.15) is 22.5 Å². The molecule has 164 valence electrons. The fraction of sp³-hybridized carbons (Fsp3) is 0.300. The summed E-state index contributed by atoms with van der Waals surface area (Å²) < 4.78 is 46.1. The van der Waals surface area contributed by atoms with E-state index in [4.69, 9.17) is 16.3 Å². The van der Waals surface area contributed by atoms with Crippen molar-refractivity contribution >= 4 is 39.1 Å². The lowest BCUT2D eigenvalue weighted by atomic mass is 10.2. The number of nitrogens with zero attached hydrogens (tertiary/aromatic N) is 1. The Morgan fingerprint density at radius 2 is 2.03 bits per heavy atom. The zero-order chi connectivity index (χ0) is 22.2. The van der Waals surface area contributed by atoms with Crippen LogP contribution in [0.1, 0.15) is 18.4 Å². The lowest BCUT2D eigenvalue weighted by Gasteiger charge is -2.25. The number of anilines is 1. The van der Waals surface area contributed by atoms with Crippen LogP contribution in [0.2, 0.25) is 5.02 Å². The van der Waals surface area contributed by atoms with Crippen LogP contribution in [0.4, 0.5) is 10.1 Å². The molecule has 4 rings (SSSR count). The molecule has 2 aliphatic heterocycles. The molecular weight excluding hydrogens is 449 g/mol. The van der Waals surface area contributed by atoms with Crippen LogP contribution in [0.3, 0.4) is 0 Å². The lowest BCUT2D eigenvalue weighted by Crippen LogP contribution is -2.45. The fourth-order valence-corrected chi connectivity index (χ4v) is 5.78. The van der Waals surface area contributed by atoms with E-state index in [1.54, 1.807) is 12.1 Å². The summed E-state index contributed by atoms with van der Waals surface area (Å²) in [5.74, 6) is -0.993. The molecule has 0 aliphatic carbocycles. The monoisotopic (exact) mass is 467 g/mol. The number of halogens is 2. The third kappa shape index (κ3) is 4.36. The van der Waals surface area contributed by atoms with Gasteiger partial charge in [0.2, 0.25) is 15.9 Å². The molecular formula is C20H19ClFN3O5S. The van der Waals surface area contributed by atoms with Gasteiger partial charge in [0.15, 0.2) is 6.61 Å². The number of sulfonamides is 1. The maximum atomic E-state index is 13.3. The lowest BCUT2D eigenvalue weighted by molar-refractivity contribution is -0.124. The minimum Gasteiger partial charge on any atom is -0.482 e. The number of hydrogen-bond donors (Lipinski definition) is 2. The number of rotatable bonds is 5. The number of nitrogens with one attached hydrogen (secondary N) is 2. The number of carbonyl (C=O) groups excluding carboxylic acids is 2. The highest BCUT2D eigenvalue weighted by Crippen LogP contribution is 2.38. The highest BCUT2D eigenvalue weighted by molar-refractivity contribution is 7.89. The smallest absolute Gasteiger partial charge is 0.262 e. The molecule has 0 spiro atoms. The van der Waals surface area contributed by atoms with Crippen molar-refractivity contribution < 1.29 is 27.1 Å². The number of fused-ring (bicyclic) bond motifs is 1. The molecule has 0 aromatic heterocycles. The number of ether oxygens (including phenoxy) is 1. The molecule has 2 amide bonds. The first-order valence-corrected chi connectivity index (χ1v) is 11.4. The van der Waals surface area contributed by atoms with Gasteiger partial charge >= 0.3 is 0 Å². The first-order valence-electron chi connectivity index (χ1n) is 9.56. The SMILES string of the molecule is O=C1COc2cc(S(=O)(=O)N3CCC[C@@H]3C(=O)NCc3ccc(F)cc3)c(Cl)cc2N1. The highest BCUT2D eigenvalue weighted by Gasteiger charge is 2.40. The second-order valence-corrected chi connectivity index (χ2v) is 9.50. The van der Waals surface area contributed by atoms with Crippen LogP contribution >= 0.6 is 11.6 Å². The van der Waals surface area contributed by atoms with Crippen LogP contribution in [0, 0.1) is 5.82 Å². The Morgan fingerprint density at radius 1 is 1.29 bits per heavy atom. The molecule has 0 saturated carbocycles. The van der Waals surface area contributed by atoms with Crippen molar-refractivity contribution in [2.75, 3.05) is 18.5 Å². The Bertz CT molecular complexity index is 1140. The standard InChI is InChI=1S/C20H19ClFN3O5S/c21-14-8-15-17(30-11-19(26)24-15)9-18(14)31(28,29)25-7-1-2-16(25)20(27)23-10-12-3-5-13(22)6-4-12/h3-6,8-9,16H,1-2,7,10-11H2,(H,23,27)(H,24,26)/t16-/m1/s1. The number of benzene rings is 2. The summed E-state index contributed by atoms with van der Waals surface area (Å²) in [6.45, 7) is 0.0882. The fourth-order valence-electron chi connectivity index (χ4n) is 3.60. The Kier molecular flexibility index (Phi) is 5.87. The van der Waals surface area contributed by atoms with Crippen LogP contribution in [0.5, 0.6) is 5.75 Å². The van der Waals surface area contributed by atoms with Crippen molar-refractivity contribution in [2.24, 2.45) is 0 Å². The van der Waals surface area contributed by atoms with Gasteiger partial charge in [0.05, 0.1) is 10.7 Å². The second-order valence-electron chi connectivity index (χ2n) is 7.23. The van der Waals surface area contributed by atoms with Crippen molar-refractivity contribution in [1.29, 1.82) is 0 Å². The van der Waals surface area contributed by atoms with Crippen molar-refractivity contribution in [3.63, 3.8) is 0 Å². The van der Waals surface area contributed by atoms with E-state index in [-0.39, 0.29) is 52.8 Å². The minimum absolute atomic E-state index is 0.0816. The molecule has 8 nitrogen and oxygen atoms in total. The molecule has 2 aromatic carbocycles. The summed E-state index contributed by atoms with van der Waals surface area (Å²) in [6, 6.07) is 7.36. The summed E-state index contributed by atoms with van der Waals surface area (Å²) in [5.41, 5.74) is 0.981. The minimum atomic E-state index is -4.10. The summed E-state index contributed by atoms with van der Waals surface area (Å²) in [5, 5.41) is 5.20. The van der Waals surface area contributed by atoms with Crippen molar-refractivity contribution in [2.45, 2.75) is 30.3 Å². The molecule has 1 fully saturated rings. The van der Waals surface area contributed by atoms with Gasteiger partial charge in [-0.25, -0.2) is 12.8 Å². The van der Waals surface area contributed by atoms with Crippen molar-refractivity contribution in [3.8, 4) is 5.75 Å². The molecule has 1 saturated heterocycles. The van der Waals surface area contributed by atoms with E-state index in [0.717, 1.165) is 4.31 Å². The summed E-state index contributed by atoms with van der Waals surface area (Å²) in [7, 11) is -4.10. The van der Waals surface area contributed by atoms with E-state index >= 15 is 0 Å². The number of hydrogen-bond acceptors (Lipinski definition) is 5. The largest absolute Gasteiger partial charge is 0.482 e. The Balaban J connectivity index is 1.54. The first-order chi connectivity index (χ1) is 14.8. The number of amides is 2. The Labute approximate surface area is 183 Å². The summed E-state index contributed by atoms with van der Waals surface area (Å²) in [4.78, 5) is 24.0. The number of carbonyl (C=O) groups is 2. The zero-order valence-corrected chi connectivity index (χ0v) is 17.8. The van der Waals surface area contributed by atoms with Gasteiger partial charge in [-0.15, -0.1) is 0 Å². The van der Waals surface area contributed by atoms with E-state index in [1.807, 2.05) is 0 Å². The predicted molar refractivity (Wildman–Crippen MR) is 111 cm³/mol. The van der Waals surface area contributed by atoms with E-state index < -0.39 is 22.0 Å². The van der Waals surface area contributed by atoms with Crippen LogP contribution in [0.25, 0.3) is 0 Å². The highest BCUT2D eigenvalue weighted by atomic mass is 35.5. The van der Waals surface area contributed by atoms with Crippen LogP contribution < -0.4 is 15.4 Å². The molecule has 2 heterocycles. The third-order valence-electron chi connectivity index (χ3n) is 5.14. The molecule has 11 heteroatoms. The van der Waals surface area contributed by atoms with E-state index in [9.17, 15) is 22.4 Å². The Morgan fingerprint density at radius 3 is 2.77 bits per heavy atom. The summed E-state index contributed by atoms with van der Waals surface area (Å²) in [6.07, 6.45) is 0.882. The predicted octanol–water partition coefficient (Wildman–Crippen LogP) is 2.28. The van der Waals surface area contributed by atoms with Crippen LogP contribution in [-0.2, 0) is 26.2 Å². The molecule has 31 heavy (non-hydrogen) atoms. The van der Waals surface area contributed by atoms with Gasteiger partial charge in [-0.2, -0.15) is 4.31 Å². The van der Waals surface area contributed by atoms with Crippen molar-refractivity contribution in [1.82, 2.24) is 9.62 Å². The third-order valence-corrected chi connectivity index (χ3v) is 7.51. The Hall–Kier alpha value is -2.69. The molecule has 0 unspecified atom stereocenters. The van der Waals surface area contributed by atoms with E-state index in [0.29, 0.717) is 18.4 Å². The second kappa shape index (κ2) is 8.45. The summed E-state index contributed by atoms with van der Waals surface area (Å²) >= 11 is 6.21. The average Bonchev–Trinajstić information content (AvgIpc) is 3.23.